The lowest BCUT2D eigenvalue weighted by molar-refractivity contribution is 0.558. The molecule has 1 atom stereocenters. The summed E-state index contributed by atoms with van der Waals surface area (Å²) in [4.78, 5) is -0.487. The van der Waals surface area contributed by atoms with Gasteiger partial charge in [0.25, 0.3) is 0 Å². The maximum absolute atomic E-state index is 13.6. The second kappa shape index (κ2) is 4.20. The predicted octanol–water partition coefficient (Wildman–Crippen LogP) is 0.369. The summed E-state index contributed by atoms with van der Waals surface area (Å²) in [6.07, 6.45) is 0.00842. The van der Waals surface area contributed by atoms with E-state index in [1.54, 1.807) is 0 Å². The van der Waals surface area contributed by atoms with Crippen molar-refractivity contribution in [2.24, 2.45) is 0 Å². The summed E-state index contributed by atoms with van der Waals surface area (Å²) in [7, 11) is -7.30. The van der Waals surface area contributed by atoms with Gasteiger partial charge in [0.05, 0.1) is 16.8 Å². The van der Waals surface area contributed by atoms with Gasteiger partial charge in [-0.05, 0) is 24.6 Å². The Bertz CT molecular complexity index is 682. The third kappa shape index (κ3) is 2.35. The number of hydrogen-bond acceptors (Lipinski definition) is 5. The molecular formula is C10H12FNO4S2. The van der Waals surface area contributed by atoms with Crippen LogP contribution in [0.3, 0.4) is 0 Å². The quantitative estimate of drug-likeness (QED) is 0.795. The van der Waals surface area contributed by atoms with Gasteiger partial charge in [0.2, 0.25) is 0 Å². The minimum Gasteiger partial charge on any atom is -0.399 e. The Balaban J connectivity index is 2.44. The lowest BCUT2D eigenvalue weighted by Gasteiger charge is -2.11. The second-order valence-electron chi connectivity index (χ2n) is 4.26. The maximum atomic E-state index is 13.6. The summed E-state index contributed by atoms with van der Waals surface area (Å²) in [6, 6.07) is 3.26. The van der Waals surface area contributed by atoms with Crippen molar-refractivity contribution in [3.8, 4) is 0 Å². The van der Waals surface area contributed by atoms with Crippen LogP contribution in [0.4, 0.5) is 10.1 Å². The van der Waals surface area contributed by atoms with Crippen molar-refractivity contribution >= 4 is 25.4 Å². The Hall–Kier alpha value is -1.15. The zero-order valence-electron chi connectivity index (χ0n) is 9.34. The first kappa shape index (κ1) is 13.3. The van der Waals surface area contributed by atoms with Gasteiger partial charge in [0, 0.05) is 5.69 Å². The first-order valence-corrected chi connectivity index (χ1v) is 8.58. The molecule has 1 aromatic rings. The van der Waals surface area contributed by atoms with Crippen LogP contribution in [-0.2, 0) is 19.7 Å². The van der Waals surface area contributed by atoms with E-state index in [4.69, 9.17) is 5.73 Å². The molecule has 1 aliphatic heterocycles. The van der Waals surface area contributed by atoms with Gasteiger partial charge in [0.1, 0.15) is 10.7 Å². The molecule has 0 spiro atoms. The minimum atomic E-state index is -3.97. The highest BCUT2D eigenvalue weighted by Crippen LogP contribution is 2.27. The summed E-state index contributed by atoms with van der Waals surface area (Å²) in [5.41, 5.74) is 5.45. The van der Waals surface area contributed by atoms with Crippen LogP contribution in [0.15, 0.2) is 23.1 Å². The van der Waals surface area contributed by atoms with E-state index in [-0.39, 0.29) is 17.9 Å². The van der Waals surface area contributed by atoms with Gasteiger partial charge in [-0.1, -0.05) is 0 Å². The van der Waals surface area contributed by atoms with Crippen molar-refractivity contribution in [1.29, 1.82) is 0 Å². The van der Waals surface area contributed by atoms with E-state index >= 15 is 0 Å². The molecule has 18 heavy (non-hydrogen) atoms. The molecule has 0 aromatic heterocycles. The number of nitrogen functional groups attached to an aromatic ring is 1. The highest BCUT2D eigenvalue weighted by molar-refractivity contribution is 7.96. The molecule has 1 aliphatic rings. The molecule has 1 fully saturated rings. The normalized spacial score (nSPS) is 23.1. The van der Waals surface area contributed by atoms with Crippen LogP contribution in [0.25, 0.3) is 0 Å². The Morgan fingerprint density at radius 1 is 1.33 bits per heavy atom. The number of nitrogens with two attached hydrogens (primary N) is 1. The maximum Gasteiger partial charge on any atom is 0.185 e. The van der Waals surface area contributed by atoms with E-state index in [0.717, 1.165) is 12.1 Å². The fourth-order valence-electron chi connectivity index (χ4n) is 1.93. The van der Waals surface area contributed by atoms with Gasteiger partial charge < -0.3 is 5.73 Å². The fourth-order valence-corrected chi connectivity index (χ4v) is 6.34. The van der Waals surface area contributed by atoms with E-state index in [1.165, 1.54) is 6.07 Å². The average Bonchev–Trinajstić information content (AvgIpc) is 2.58. The van der Waals surface area contributed by atoms with Crippen molar-refractivity contribution in [3.63, 3.8) is 0 Å². The Morgan fingerprint density at radius 3 is 2.50 bits per heavy atom. The number of anilines is 1. The Labute approximate surface area is 105 Å². The molecule has 0 aliphatic carbocycles. The zero-order chi connectivity index (χ0) is 13.6. The summed E-state index contributed by atoms with van der Waals surface area (Å²) in [5.74, 6) is -1.56. The highest BCUT2D eigenvalue weighted by atomic mass is 32.2. The molecule has 2 N–H and O–H groups in total. The van der Waals surface area contributed by atoms with Crippen LogP contribution in [0.5, 0.6) is 0 Å². The van der Waals surface area contributed by atoms with E-state index in [0.29, 0.717) is 0 Å². The van der Waals surface area contributed by atoms with Gasteiger partial charge in [-0.2, -0.15) is 0 Å². The molecule has 1 heterocycles. The summed E-state index contributed by atoms with van der Waals surface area (Å²) in [6.45, 7) is 0. The highest BCUT2D eigenvalue weighted by Gasteiger charge is 2.39. The molecule has 1 unspecified atom stereocenters. The minimum absolute atomic E-state index is 0.00842. The number of rotatable bonds is 2. The lowest BCUT2D eigenvalue weighted by Crippen LogP contribution is -2.23. The van der Waals surface area contributed by atoms with Crippen LogP contribution in [0.2, 0.25) is 0 Å². The van der Waals surface area contributed by atoms with Crippen molar-refractivity contribution in [2.75, 3.05) is 17.2 Å². The van der Waals surface area contributed by atoms with E-state index in [2.05, 4.69) is 0 Å². The first-order chi connectivity index (χ1) is 8.22. The molecule has 0 bridgehead atoms. The summed E-state index contributed by atoms with van der Waals surface area (Å²) >= 11 is 0. The molecule has 0 saturated carbocycles. The van der Waals surface area contributed by atoms with Crippen molar-refractivity contribution in [1.82, 2.24) is 0 Å². The number of benzene rings is 1. The second-order valence-corrected chi connectivity index (χ2v) is 8.69. The smallest absolute Gasteiger partial charge is 0.185 e. The van der Waals surface area contributed by atoms with Crippen molar-refractivity contribution in [3.05, 3.63) is 24.0 Å². The molecule has 5 nitrogen and oxygen atoms in total. The van der Waals surface area contributed by atoms with E-state index < -0.39 is 41.4 Å². The monoisotopic (exact) mass is 293 g/mol. The predicted molar refractivity (Wildman–Crippen MR) is 65.1 cm³/mol. The number of sulfone groups is 2. The molecular weight excluding hydrogens is 281 g/mol. The number of hydrogen-bond donors (Lipinski definition) is 1. The average molecular weight is 293 g/mol. The molecule has 1 saturated heterocycles. The van der Waals surface area contributed by atoms with Crippen LogP contribution in [-0.4, -0.2) is 33.6 Å². The zero-order valence-corrected chi connectivity index (χ0v) is 11.0. The third-order valence-corrected chi connectivity index (χ3v) is 7.10. The van der Waals surface area contributed by atoms with Crippen LogP contribution in [0, 0.1) is 5.82 Å². The van der Waals surface area contributed by atoms with Gasteiger partial charge in [-0.25, -0.2) is 21.2 Å². The largest absolute Gasteiger partial charge is 0.399 e. The lowest BCUT2D eigenvalue weighted by atomic mass is 10.3. The van der Waals surface area contributed by atoms with Crippen LogP contribution < -0.4 is 5.73 Å². The molecule has 0 radical (unpaired) electrons. The standard InChI is InChI=1S/C10H12FNO4S2/c11-9-5-7(12)1-2-10(9)18(15,16)8-3-4-17(13,14)6-8/h1-2,5,8H,3-4,6,12H2. The first-order valence-electron chi connectivity index (χ1n) is 5.22. The Morgan fingerprint density at radius 2 is 2.00 bits per heavy atom. The van der Waals surface area contributed by atoms with E-state index in [9.17, 15) is 21.2 Å². The molecule has 2 rings (SSSR count). The SMILES string of the molecule is Nc1ccc(S(=O)(=O)C2CCS(=O)(=O)C2)c(F)c1. The van der Waals surface area contributed by atoms with Crippen LogP contribution >= 0.6 is 0 Å². The van der Waals surface area contributed by atoms with Crippen molar-refractivity contribution < 1.29 is 21.2 Å². The van der Waals surface area contributed by atoms with E-state index in [1.807, 2.05) is 0 Å². The summed E-state index contributed by atoms with van der Waals surface area (Å²) < 4.78 is 60.4. The number of halogens is 1. The summed E-state index contributed by atoms with van der Waals surface area (Å²) in [5, 5.41) is -1.07. The van der Waals surface area contributed by atoms with Gasteiger partial charge in [-0.15, -0.1) is 0 Å². The molecule has 8 heteroatoms. The molecule has 0 amide bonds. The van der Waals surface area contributed by atoms with Crippen LogP contribution in [0.1, 0.15) is 6.42 Å². The molecule has 100 valence electrons. The van der Waals surface area contributed by atoms with Gasteiger partial charge in [-0.3, -0.25) is 0 Å². The van der Waals surface area contributed by atoms with Crippen molar-refractivity contribution in [2.45, 2.75) is 16.6 Å². The Kier molecular flexibility index (Phi) is 3.10. The fraction of sp³-hybridized carbons (Fsp3) is 0.400. The van der Waals surface area contributed by atoms with Gasteiger partial charge in [0.15, 0.2) is 19.7 Å². The third-order valence-electron chi connectivity index (χ3n) is 2.89. The topological polar surface area (TPSA) is 94.3 Å². The van der Waals surface area contributed by atoms with Gasteiger partial charge >= 0.3 is 0 Å². The molecule has 1 aromatic carbocycles.